The molecule has 2 aromatic carbocycles. The molecule has 1 atom stereocenters. The molecule has 2 aromatic rings. The average molecular weight is 360 g/mol. The van der Waals surface area contributed by atoms with Gasteiger partial charge in [-0.25, -0.2) is 0 Å². The predicted molar refractivity (Wildman–Crippen MR) is 92.2 cm³/mol. The van der Waals surface area contributed by atoms with Gasteiger partial charge in [-0.1, -0.05) is 41.3 Å². The van der Waals surface area contributed by atoms with E-state index in [1.165, 1.54) is 4.31 Å². The highest BCUT2D eigenvalue weighted by molar-refractivity contribution is 8.20. The number of nitrogens with one attached hydrogen (secondary N) is 1. The molecule has 4 N–H and O–H groups in total. The van der Waals surface area contributed by atoms with Gasteiger partial charge >= 0.3 is 0 Å². The van der Waals surface area contributed by atoms with Gasteiger partial charge in [0.15, 0.2) is 11.6 Å². The third-order valence-corrected chi connectivity index (χ3v) is 5.97. The average Bonchev–Trinajstić information content (AvgIpc) is 2.84. The van der Waals surface area contributed by atoms with Gasteiger partial charge in [0, 0.05) is 28.8 Å². The molecular formula is C17H16N2O5S. The summed E-state index contributed by atoms with van der Waals surface area (Å²) in [6.07, 6.45) is -1.03. The monoisotopic (exact) mass is 360 g/mol. The number of benzene rings is 2. The van der Waals surface area contributed by atoms with Crippen LogP contribution >= 0.6 is 11.0 Å². The molecule has 4 rings (SSSR count). The summed E-state index contributed by atoms with van der Waals surface area (Å²) in [5, 5.41) is 9.54. The van der Waals surface area contributed by atoms with E-state index in [4.69, 9.17) is 0 Å². The van der Waals surface area contributed by atoms with Crippen LogP contribution in [0.2, 0.25) is 0 Å². The van der Waals surface area contributed by atoms with Crippen molar-refractivity contribution in [2.45, 2.75) is 12.8 Å². The summed E-state index contributed by atoms with van der Waals surface area (Å²) in [5.41, 5.74) is 2.08. The SMILES string of the molecule is O=C1c2ccccc2C(=O)c2cc(CN3CC(O)NS3(O)O)ccc21. The number of hydrogen-bond donors (Lipinski definition) is 4. The molecule has 25 heavy (non-hydrogen) atoms. The fourth-order valence-electron chi connectivity index (χ4n) is 3.19. The minimum atomic E-state index is -3.25. The first-order valence-electron chi connectivity index (χ1n) is 7.67. The molecule has 0 radical (unpaired) electrons. The van der Waals surface area contributed by atoms with Gasteiger partial charge in [-0.15, -0.1) is 0 Å². The zero-order chi connectivity index (χ0) is 17.8. The summed E-state index contributed by atoms with van der Waals surface area (Å²) in [7, 11) is -3.25. The molecule has 0 bridgehead atoms. The summed E-state index contributed by atoms with van der Waals surface area (Å²) >= 11 is 0. The highest BCUT2D eigenvalue weighted by Crippen LogP contribution is 2.44. The van der Waals surface area contributed by atoms with Crippen LogP contribution in [0.5, 0.6) is 0 Å². The Morgan fingerprint density at radius 1 is 1.00 bits per heavy atom. The van der Waals surface area contributed by atoms with Crippen LogP contribution in [0.1, 0.15) is 37.4 Å². The minimum Gasteiger partial charge on any atom is -0.376 e. The van der Waals surface area contributed by atoms with Crippen LogP contribution < -0.4 is 4.72 Å². The van der Waals surface area contributed by atoms with Crippen molar-refractivity contribution in [1.29, 1.82) is 0 Å². The smallest absolute Gasteiger partial charge is 0.194 e. The lowest BCUT2D eigenvalue weighted by Gasteiger charge is -2.35. The second kappa shape index (κ2) is 5.73. The van der Waals surface area contributed by atoms with E-state index in [9.17, 15) is 23.8 Å². The van der Waals surface area contributed by atoms with Gasteiger partial charge in [-0.3, -0.25) is 18.7 Å². The summed E-state index contributed by atoms with van der Waals surface area (Å²) in [6.45, 7) is 0.178. The number of nitrogens with zero attached hydrogens (tertiary/aromatic N) is 1. The Morgan fingerprint density at radius 3 is 2.20 bits per heavy atom. The largest absolute Gasteiger partial charge is 0.376 e. The van der Waals surface area contributed by atoms with Gasteiger partial charge in [0.05, 0.1) is 6.54 Å². The number of carbonyl (C=O) groups is 2. The van der Waals surface area contributed by atoms with E-state index < -0.39 is 17.2 Å². The quantitative estimate of drug-likeness (QED) is 0.551. The van der Waals surface area contributed by atoms with Crippen molar-refractivity contribution in [3.8, 4) is 0 Å². The van der Waals surface area contributed by atoms with Crippen molar-refractivity contribution >= 4 is 22.5 Å². The summed E-state index contributed by atoms with van der Waals surface area (Å²) < 4.78 is 23.5. The molecule has 0 aromatic heterocycles. The van der Waals surface area contributed by atoms with Crippen molar-refractivity contribution in [2.24, 2.45) is 0 Å². The Bertz CT molecular complexity index is 898. The molecule has 130 valence electrons. The van der Waals surface area contributed by atoms with E-state index in [0.29, 0.717) is 27.8 Å². The third kappa shape index (κ3) is 2.69. The van der Waals surface area contributed by atoms with E-state index in [0.717, 1.165) is 0 Å². The molecule has 0 saturated carbocycles. The van der Waals surface area contributed by atoms with Gasteiger partial charge in [0.2, 0.25) is 0 Å². The van der Waals surface area contributed by atoms with Crippen molar-refractivity contribution in [2.75, 3.05) is 6.54 Å². The molecule has 8 heteroatoms. The van der Waals surface area contributed by atoms with Crippen LogP contribution in [0.3, 0.4) is 0 Å². The van der Waals surface area contributed by atoms with Crippen LogP contribution in [0, 0.1) is 0 Å². The predicted octanol–water partition coefficient (Wildman–Crippen LogP) is 1.77. The first-order chi connectivity index (χ1) is 11.9. The van der Waals surface area contributed by atoms with E-state index in [-0.39, 0.29) is 24.7 Å². The molecule has 1 unspecified atom stereocenters. The zero-order valence-electron chi connectivity index (χ0n) is 13.0. The highest BCUT2D eigenvalue weighted by atomic mass is 32.3. The number of β-amino-alcohol motifs (C(OH)–C–C–N with tert-alkyl or cyclic N) is 1. The molecule has 0 amide bonds. The van der Waals surface area contributed by atoms with E-state index in [1.807, 2.05) is 0 Å². The Labute approximate surface area is 145 Å². The molecule has 1 fully saturated rings. The van der Waals surface area contributed by atoms with Crippen LogP contribution in [0.4, 0.5) is 0 Å². The second-order valence-corrected chi connectivity index (χ2v) is 7.85. The van der Waals surface area contributed by atoms with Gasteiger partial charge in [0.1, 0.15) is 6.23 Å². The maximum absolute atomic E-state index is 12.7. The molecular weight excluding hydrogens is 344 g/mol. The Balaban J connectivity index is 1.69. The highest BCUT2D eigenvalue weighted by Gasteiger charge is 2.35. The second-order valence-electron chi connectivity index (χ2n) is 6.06. The number of carbonyl (C=O) groups excluding carboxylic acids is 2. The van der Waals surface area contributed by atoms with Crippen molar-refractivity contribution in [1.82, 2.24) is 9.03 Å². The van der Waals surface area contributed by atoms with Crippen LogP contribution in [0.25, 0.3) is 0 Å². The van der Waals surface area contributed by atoms with Gasteiger partial charge < -0.3 is 5.11 Å². The van der Waals surface area contributed by atoms with Crippen molar-refractivity contribution in [3.63, 3.8) is 0 Å². The molecule has 2 aliphatic rings. The lowest BCUT2D eigenvalue weighted by atomic mass is 9.83. The fraction of sp³-hybridized carbons (Fsp3) is 0.176. The number of rotatable bonds is 2. The van der Waals surface area contributed by atoms with Crippen LogP contribution in [0.15, 0.2) is 42.5 Å². The molecule has 1 heterocycles. The summed E-state index contributed by atoms with van der Waals surface area (Å²) in [4.78, 5) is 25.3. The lowest BCUT2D eigenvalue weighted by molar-refractivity contribution is 0.0979. The van der Waals surface area contributed by atoms with Crippen molar-refractivity contribution < 1.29 is 23.8 Å². The number of hydrogen-bond acceptors (Lipinski definition) is 7. The normalized spacial score (nSPS) is 23.2. The van der Waals surface area contributed by atoms with Crippen LogP contribution in [-0.2, 0) is 6.54 Å². The van der Waals surface area contributed by atoms with E-state index in [2.05, 4.69) is 4.72 Å². The molecule has 1 aliphatic carbocycles. The first-order valence-corrected chi connectivity index (χ1v) is 9.17. The fourth-order valence-corrected chi connectivity index (χ4v) is 4.46. The number of fused-ring (bicyclic) bond motifs is 2. The Morgan fingerprint density at radius 2 is 1.60 bits per heavy atom. The van der Waals surface area contributed by atoms with Gasteiger partial charge in [0.25, 0.3) is 0 Å². The standard InChI is InChI=1S/C17H16N2O5S/c20-15-9-19(25(23,24)18-15)8-10-5-6-13-14(7-10)17(22)12-4-2-1-3-11(12)16(13)21/h1-7,15,18,20,23-24H,8-9H2. The molecule has 0 spiro atoms. The maximum Gasteiger partial charge on any atom is 0.194 e. The van der Waals surface area contributed by atoms with Gasteiger partial charge in [-0.05, 0) is 17.7 Å². The van der Waals surface area contributed by atoms with E-state index in [1.54, 1.807) is 42.5 Å². The molecule has 7 nitrogen and oxygen atoms in total. The Kier molecular flexibility index (Phi) is 3.76. The minimum absolute atomic E-state index is 0.0507. The molecule has 1 saturated heterocycles. The van der Waals surface area contributed by atoms with Crippen LogP contribution in [-0.4, -0.2) is 42.9 Å². The van der Waals surface area contributed by atoms with E-state index >= 15 is 0 Å². The summed E-state index contributed by atoms with van der Waals surface area (Å²) in [6, 6.07) is 11.6. The van der Waals surface area contributed by atoms with Crippen molar-refractivity contribution in [3.05, 3.63) is 70.3 Å². The third-order valence-electron chi connectivity index (χ3n) is 4.38. The summed E-state index contributed by atoms with van der Waals surface area (Å²) in [5.74, 6) is -0.419. The number of aliphatic hydroxyl groups excluding tert-OH is 1. The lowest BCUT2D eigenvalue weighted by Crippen LogP contribution is -2.26. The first kappa shape index (κ1) is 16.4. The topological polar surface area (TPSA) is 110 Å². The zero-order valence-corrected chi connectivity index (χ0v) is 13.9. The van der Waals surface area contributed by atoms with Gasteiger partial charge in [-0.2, -0.15) is 9.03 Å². The number of aliphatic hydroxyl groups is 1. The molecule has 1 aliphatic heterocycles. The number of ketones is 2. The Hall–Kier alpha value is -2.07. The maximum atomic E-state index is 12.7.